The molecule has 1 aliphatic carbocycles. The minimum atomic E-state index is -3.56. The van der Waals surface area contributed by atoms with Gasteiger partial charge in [-0.05, 0) is 68.7 Å². The van der Waals surface area contributed by atoms with Crippen molar-refractivity contribution in [1.82, 2.24) is 10.0 Å². The van der Waals surface area contributed by atoms with Gasteiger partial charge < -0.3 is 5.32 Å². The molecule has 0 spiro atoms. The standard InChI is InChI=1S/C20H32N2O3S/c1-6-20(3,4)15-8-10-16(11-9-15)22-19(23)18-13-17(12-7-14(18)2)26(24,25)21-5/h7,12-13,15-16,21H,6,8-11H2,1-5H3,(H,22,23). The van der Waals surface area contributed by atoms with Gasteiger partial charge in [0.1, 0.15) is 0 Å². The van der Waals surface area contributed by atoms with Gasteiger partial charge in [0.25, 0.3) is 5.91 Å². The molecule has 0 heterocycles. The number of carbonyl (C=O) groups is 1. The molecule has 2 rings (SSSR count). The zero-order chi connectivity index (χ0) is 19.5. The van der Waals surface area contributed by atoms with Crippen LogP contribution in [0, 0.1) is 18.3 Å². The lowest BCUT2D eigenvalue weighted by atomic mass is 9.69. The molecule has 0 aromatic heterocycles. The van der Waals surface area contributed by atoms with Crippen LogP contribution in [0.2, 0.25) is 0 Å². The second kappa shape index (κ2) is 8.09. The van der Waals surface area contributed by atoms with Gasteiger partial charge in [-0.1, -0.05) is 33.3 Å². The van der Waals surface area contributed by atoms with Gasteiger partial charge in [-0.15, -0.1) is 0 Å². The predicted molar refractivity (Wildman–Crippen MR) is 105 cm³/mol. The Hall–Kier alpha value is -1.40. The Morgan fingerprint density at radius 1 is 1.19 bits per heavy atom. The number of benzene rings is 1. The van der Waals surface area contributed by atoms with Gasteiger partial charge in [0.2, 0.25) is 10.0 Å². The highest BCUT2D eigenvalue weighted by molar-refractivity contribution is 7.89. The summed E-state index contributed by atoms with van der Waals surface area (Å²) in [6.45, 7) is 8.72. The zero-order valence-corrected chi connectivity index (χ0v) is 17.4. The van der Waals surface area contributed by atoms with Crippen molar-refractivity contribution in [3.05, 3.63) is 29.3 Å². The van der Waals surface area contributed by atoms with E-state index in [9.17, 15) is 13.2 Å². The third-order valence-corrected chi connectivity index (χ3v) is 7.52. The first-order valence-corrected chi connectivity index (χ1v) is 10.9. The van der Waals surface area contributed by atoms with Gasteiger partial charge in [0.05, 0.1) is 4.90 Å². The molecule has 0 radical (unpaired) electrons. The quantitative estimate of drug-likeness (QED) is 0.791. The second-order valence-electron chi connectivity index (χ2n) is 8.05. The van der Waals surface area contributed by atoms with Crippen molar-refractivity contribution < 1.29 is 13.2 Å². The van der Waals surface area contributed by atoms with Gasteiger partial charge in [-0.3, -0.25) is 4.79 Å². The Labute approximate surface area is 158 Å². The van der Waals surface area contributed by atoms with Crippen LogP contribution in [0.3, 0.4) is 0 Å². The molecule has 26 heavy (non-hydrogen) atoms. The smallest absolute Gasteiger partial charge is 0.251 e. The van der Waals surface area contributed by atoms with E-state index in [4.69, 9.17) is 0 Å². The number of hydrogen-bond donors (Lipinski definition) is 2. The lowest BCUT2D eigenvalue weighted by Gasteiger charge is -2.39. The molecular weight excluding hydrogens is 348 g/mol. The molecular formula is C20H32N2O3S. The van der Waals surface area contributed by atoms with Gasteiger partial charge >= 0.3 is 0 Å². The summed E-state index contributed by atoms with van der Waals surface area (Å²) in [5.74, 6) is 0.514. The highest BCUT2D eigenvalue weighted by atomic mass is 32.2. The molecule has 146 valence electrons. The molecule has 1 aliphatic rings. The Morgan fingerprint density at radius 2 is 1.81 bits per heavy atom. The minimum Gasteiger partial charge on any atom is -0.349 e. The molecule has 2 N–H and O–H groups in total. The maximum Gasteiger partial charge on any atom is 0.251 e. The fraction of sp³-hybridized carbons (Fsp3) is 0.650. The van der Waals surface area contributed by atoms with Crippen molar-refractivity contribution in [2.45, 2.75) is 70.7 Å². The summed E-state index contributed by atoms with van der Waals surface area (Å²) in [6, 6.07) is 4.83. The van der Waals surface area contributed by atoms with Crippen LogP contribution in [0.5, 0.6) is 0 Å². The average molecular weight is 381 g/mol. The Kier molecular flexibility index (Phi) is 6.51. The fourth-order valence-corrected chi connectivity index (χ4v) is 4.46. The number of hydrogen-bond acceptors (Lipinski definition) is 3. The second-order valence-corrected chi connectivity index (χ2v) is 9.93. The summed E-state index contributed by atoms with van der Waals surface area (Å²) < 4.78 is 26.3. The number of nitrogens with one attached hydrogen (secondary N) is 2. The van der Waals surface area contributed by atoms with Crippen LogP contribution in [0.25, 0.3) is 0 Å². The first-order valence-electron chi connectivity index (χ1n) is 9.45. The van der Waals surface area contributed by atoms with E-state index in [0.29, 0.717) is 16.9 Å². The summed E-state index contributed by atoms with van der Waals surface area (Å²) in [4.78, 5) is 12.8. The molecule has 6 heteroatoms. The van der Waals surface area contributed by atoms with E-state index in [2.05, 4.69) is 30.8 Å². The minimum absolute atomic E-state index is 0.115. The molecule has 0 atom stereocenters. The van der Waals surface area contributed by atoms with Gasteiger partial charge in [-0.25, -0.2) is 13.1 Å². The summed E-state index contributed by atoms with van der Waals surface area (Å²) in [5.41, 5.74) is 1.55. The average Bonchev–Trinajstić information content (AvgIpc) is 2.62. The molecule has 1 aromatic rings. The van der Waals surface area contributed by atoms with E-state index in [-0.39, 0.29) is 16.8 Å². The lowest BCUT2D eigenvalue weighted by Crippen LogP contribution is -2.40. The maximum absolute atomic E-state index is 12.7. The normalized spacial score (nSPS) is 21.4. The van der Waals surface area contributed by atoms with Crippen molar-refractivity contribution in [1.29, 1.82) is 0 Å². The Morgan fingerprint density at radius 3 is 2.35 bits per heavy atom. The molecule has 0 aliphatic heterocycles. The molecule has 1 fully saturated rings. The Balaban J connectivity index is 2.06. The molecule has 0 bridgehead atoms. The molecule has 1 aromatic carbocycles. The van der Waals surface area contributed by atoms with Gasteiger partial charge in [-0.2, -0.15) is 0 Å². The fourth-order valence-electron chi connectivity index (χ4n) is 3.70. The number of rotatable bonds is 6. The van der Waals surface area contributed by atoms with Crippen molar-refractivity contribution in [3.8, 4) is 0 Å². The topological polar surface area (TPSA) is 75.3 Å². The van der Waals surface area contributed by atoms with Crippen LogP contribution in [0.15, 0.2) is 23.1 Å². The van der Waals surface area contributed by atoms with Crippen molar-refractivity contribution >= 4 is 15.9 Å². The highest BCUT2D eigenvalue weighted by Crippen LogP contribution is 2.40. The summed E-state index contributed by atoms with van der Waals surface area (Å²) in [6.07, 6.45) is 5.37. The molecule has 1 amide bonds. The third kappa shape index (κ3) is 4.65. The lowest BCUT2D eigenvalue weighted by molar-refractivity contribution is 0.0892. The van der Waals surface area contributed by atoms with E-state index in [1.807, 2.05) is 6.92 Å². The Bertz CT molecular complexity index is 748. The number of sulfonamides is 1. The number of carbonyl (C=O) groups excluding carboxylic acids is 1. The zero-order valence-electron chi connectivity index (χ0n) is 16.6. The van der Waals surface area contributed by atoms with Crippen molar-refractivity contribution in [2.24, 2.45) is 11.3 Å². The maximum atomic E-state index is 12.7. The van der Waals surface area contributed by atoms with Crippen LogP contribution in [0.4, 0.5) is 0 Å². The van der Waals surface area contributed by atoms with Gasteiger partial charge in [0.15, 0.2) is 0 Å². The summed E-state index contributed by atoms with van der Waals surface area (Å²) in [5, 5.41) is 3.11. The first-order chi connectivity index (χ1) is 12.1. The summed E-state index contributed by atoms with van der Waals surface area (Å²) in [7, 11) is -2.19. The van der Waals surface area contributed by atoms with Crippen molar-refractivity contribution in [2.75, 3.05) is 7.05 Å². The molecule has 0 unspecified atom stereocenters. The van der Waals surface area contributed by atoms with Gasteiger partial charge in [0, 0.05) is 11.6 Å². The number of aryl methyl sites for hydroxylation is 1. The number of amides is 1. The first kappa shape index (κ1) is 20.9. The largest absolute Gasteiger partial charge is 0.349 e. The third-order valence-electron chi connectivity index (χ3n) is 6.11. The molecule has 5 nitrogen and oxygen atoms in total. The predicted octanol–water partition coefficient (Wildman–Crippen LogP) is 3.63. The molecule has 0 saturated heterocycles. The van der Waals surface area contributed by atoms with E-state index < -0.39 is 10.0 Å². The van der Waals surface area contributed by atoms with Crippen LogP contribution in [0.1, 0.15) is 68.8 Å². The van der Waals surface area contributed by atoms with E-state index >= 15 is 0 Å². The van der Waals surface area contributed by atoms with E-state index in [1.165, 1.54) is 25.6 Å². The van der Waals surface area contributed by atoms with Crippen LogP contribution < -0.4 is 10.0 Å². The van der Waals surface area contributed by atoms with Crippen LogP contribution in [-0.4, -0.2) is 27.4 Å². The van der Waals surface area contributed by atoms with Crippen LogP contribution in [-0.2, 0) is 10.0 Å². The SMILES string of the molecule is CCC(C)(C)C1CCC(NC(=O)c2cc(S(=O)(=O)NC)ccc2C)CC1. The molecule has 1 saturated carbocycles. The summed E-state index contributed by atoms with van der Waals surface area (Å²) >= 11 is 0. The van der Waals surface area contributed by atoms with Crippen molar-refractivity contribution in [3.63, 3.8) is 0 Å². The monoisotopic (exact) mass is 380 g/mol. The van der Waals surface area contributed by atoms with E-state index in [1.54, 1.807) is 6.07 Å². The van der Waals surface area contributed by atoms with E-state index in [0.717, 1.165) is 31.2 Å². The van der Waals surface area contributed by atoms with Crippen LogP contribution >= 0.6 is 0 Å². The highest BCUT2D eigenvalue weighted by Gasteiger charge is 2.32.